The van der Waals surface area contributed by atoms with Gasteiger partial charge < -0.3 is 10.8 Å². The summed E-state index contributed by atoms with van der Waals surface area (Å²) in [6.45, 7) is 4.05. The van der Waals surface area contributed by atoms with Crippen molar-refractivity contribution in [1.82, 2.24) is 0 Å². The first kappa shape index (κ1) is 11.2. The zero-order valence-corrected chi connectivity index (χ0v) is 8.90. The van der Waals surface area contributed by atoms with Crippen LogP contribution >= 0.6 is 0 Å². The Morgan fingerprint density at radius 1 is 1.36 bits per heavy atom. The summed E-state index contributed by atoms with van der Waals surface area (Å²) in [6.07, 6.45) is 1.12. The maximum Gasteiger partial charge on any atom is 0.0807 e. The standard InChI is InChI=1S/C12H19NO/c1-3-10(13)8-12(14)11-7-5-4-6-9(11)2/h4-7,10,12,14H,3,8,13H2,1-2H3. The fourth-order valence-corrected chi connectivity index (χ4v) is 1.54. The SMILES string of the molecule is CCC(N)CC(O)c1ccccc1C. The van der Waals surface area contributed by atoms with Gasteiger partial charge in [0.2, 0.25) is 0 Å². The van der Waals surface area contributed by atoms with Gasteiger partial charge in [-0.05, 0) is 30.9 Å². The maximum absolute atomic E-state index is 9.92. The van der Waals surface area contributed by atoms with Crippen molar-refractivity contribution in [3.8, 4) is 0 Å². The molecule has 14 heavy (non-hydrogen) atoms. The van der Waals surface area contributed by atoms with Gasteiger partial charge in [0, 0.05) is 6.04 Å². The van der Waals surface area contributed by atoms with Crippen LogP contribution in [-0.2, 0) is 0 Å². The van der Waals surface area contributed by atoms with Crippen LogP contribution in [0.1, 0.15) is 37.0 Å². The van der Waals surface area contributed by atoms with Crippen molar-refractivity contribution in [1.29, 1.82) is 0 Å². The van der Waals surface area contributed by atoms with Crippen molar-refractivity contribution in [3.05, 3.63) is 35.4 Å². The molecule has 2 nitrogen and oxygen atoms in total. The number of hydrogen-bond acceptors (Lipinski definition) is 2. The molecule has 0 aliphatic carbocycles. The molecule has 1 aromatic rings. The second kappa shape index (κ2) is 5.13. The van der Waals surface area contributed by atoms with Crippen LogP contribution in [-0.4, -0.2) is 11.1 Å². The minimum Gasteiger partial charge on any atom is -0.388 e. The van der Waals surface area contributed by atoms with Gasteiger partial charge in [0.15, 0.2) is 0 Å². The number of aliphatic hydroxyl groups excluding tert-OH is 1. The molecule has 0 spiro atoms. The minimum absolute atomic E-state index is 0.0876. The van der Waals surface area contributed by atoms with Crippen molar-refractivity contribution in [3.63, 3.8) is 0 Å². The molecule has 0 aliphatic heterocycles. The number of rotatable bonds is 4. The van der Waals surface area contributed by atoms with Crippen LogP contribution in [0.15, 0.2) is 24.3 Å². The first-order chi connectivity index (χ1) is 6.65. The number of aliphatic hydroxyl groups is 1. The third-order valence-corrected chi connectivity index (χ3v) is 2.60. The molecule has 2 atom stereocenters. The van der Waals surface area contributed by atoms with Crippen LogP contribution in [0.3, 0.4) is 0 Å². The molecule has 0 radical (unpaired) electrons. The van der Waals surface area contributed by atoms with E-state index in [2.05, 4.69) is 0 Å². The highest BCUT2D eigenvalue weighted by molar-refractivity contribution is 5.27. The van der Waals surface area contributed by atoms with Crippen LogP contribution in [0.5, 0.6) is 0 Å². The molecule has 0 saturated heterocycles. The lowest BCUT2D eigenvalue weighted by Crippen LogP contribution is -2.21. The van der Waals surface area contributed by atoms with Crippen LogP contribution in [0.4, 0.5) is 0 Å². The van der Waals surface area contributed by atoms with Gasteiger partial charge in [0.25, 0.3) is 0 Å². The van der Waals surface area contributed by atoms with E-state index < -0.39 is 6.10 Å². The maximum atomic E-state index is 9.92. The first-order valence-electron chi connectivity index (χ1n) is 5.14. The fourth-order valence-electron chi connectivity index (χ4n) is 1.54. The zero-order valence-electron chi connectivity index (χ0n) is 8.90. The Morgan fingerprint density at radius 3 is 2.57 bits per heavy atom. The van der Waals surface area contributed by atoms with E-state index >= 15 is 0 Å². The van der Waals surface area contributed by atoms with Gasteiger partial charge in [-0.1, -0.05) is 31.2 Å². The normalized spacial score (nSPS) is 15.1. The summed E-state index contributed by atoms with van der Waals surface area (Å²) in [5.74, 6) is 0. The van der Waals surface area contributed by atoms with Crippen molar-refractivity contribution >= 4 is 0 Å². The van der Waals surface area contributed by atoms with Crippen LogP contribution in [0.25, 0.3) is 0 Å². The number of aryl methyl sites for hydroxylation is 1. The second-order valence-electron chi connectivity index (χ2n) is 3.78. The molecule has 0 saturated carbocycles. The van der Waals surface area contributed by atoms with E-state index in [1.807, 2.05) is 38.1 Å². The smallest absolute Gasteiger partial charge is 0.0807 e. The zero-order chi connectivity index (χ0) is 10.6. The van der Waals surface area contributed by atoms with Gasteiger partial charge in [-0.25, -0.2) is 0 Å². The van der Waals surface area contributed by atoms with E-state index in [4.69, 9.17) is 5.73 Å². The number of nitrogens with two attached hydrogens (primary N) is 1. The molecule has 0 aromatic heterocycles. The summed E-state index contributed by atoms with van der Waals surface area (Å²) in [5.41, 5.74) is 7.93. The Balaban J connectivity index is 2.69. The summed E-state index contributed by atoms with van der Waals surface area (Å²) < 4.78 is 0. The van der Waals surface area contributed by atoms with E-state index in [1.54, 1.807) is 0 Å². The van der Waals surface area contributed by atoms with Gasteiger partial charge in [-0.15, -0.1) is 0 Å². The van der Waals surface area contributed by atoms with Gasteiger partial charge in [0.05, 0.1) is 6.10 Å². The predicted octanol–water partition coefficient (Wildman–Crippen LogP) is 2.16. The van der Waals surface area contributed by atoms with Gasteiger partial charge >= 0.3 is 0 Å². The molecular weight excluding hydrogens is 174 g/mol. The summed E-state index contributed by atoms with van der Waals surface area (Å²) in [6, 6.07) is 7.98. The Hall–Kier alpha value is -0.860. The quantitative estimate of drug-likeness (QED) is 0.769. The van der Waals surface area contributed by atoms with E-state index in [-0.39, 0.29) is 6.04 Å². The minimum atomic E-state index is -0.425. The van der Waals surface area contributed by atoms with Crippen LogP contribution in [0.2, 0.25) is 0 Å². The van der Waals surface area contributed by atoms with Crippen molar-refractivity contribution < 1.29 is 5.11 Å². The molecule has 0 heterocycles. The van der Waals surface area contributed by atoms with E-state index in [9.17, 15) is 5.11 Å². The van der Waals surface area contributed by atoms with Gasteiger partial charge in [-0.3, -0.25) is 0 Å². The Morgan fingerprint density at radius 2 is 2.00 bits per heavy atom. The molecule has 0 bridgehead atoms. The van der Waals surface area contributed by atoms with Crippen molar-refractivity contribution in [2.24, 2.45) is 5.73 Å². The highest BCUT2D eigenvalue weighted by Gasteiger charge is 2.12. The summed E-state index contributed by atoms with van der Waals surface area (Å²) in [7, 11) is 0. The van der Waals surface area contributed by atoms with Crippen molar-refractivity contribution in [2.45, 2.75) is 38.8 Å². The molecule has 2 heteroatoms. The number of benzene rings is 1. The van der Waals surface area contributed by atoms with Crippen LogP contribution < -0.4 is 5.73 Å². The Kier molecular flexibility index (Phi) is 4.11. The monoisotopic (exact) mass is 193 g/mol. The molecular formula is C12H19NO. The molecule has 3 N–H and O–H groups in total. The Labute approximate surface area is 85.8 Å². The highest BCUT2D eigenvalue weighted by atomic mass is 16.3. The lowest BCUT2D eigenvalue weighted by molar-refractivity contribution is 0.156. The molecule has 1 rings (SSSR count). The second-order valence-corrected chi connectivity index (χ2v) is 3.78. The van der Waals surface area contributed by atoms with E-state index in [0.29, 0.717) is 6.42 Å². The molecule has 0 aliphatic rings. The molecule has 1 aromatic carbocycles. The van der Waals surface area contributed by atoms with Crippen molar-refractivity contribution in [2.75, 3.05) is 0 Å². The Bertz CT molecular complexity index is 285. The van der Waals surface area contributed by atoms with E-state index in [1.165, 1.54) is 0 Å². The highest BCUT2D eigenvalue weighted by Crippen LogP contribution is 2.21. The molecule has 2 unspecified atom stereocenters. The lowest BCUT2D eigenvalue weighted by atomic mass is 9.97. The predicted molar refractivity (Wildman–Crippen MR) is 59.0 cm³/mol. The molecule has 0 fully saturated rings. The van der Waals surface area contributed by atoms with Crippen LogP contribution in [0, 0.1) is 6.92 Å². The topological polar surface area (TPSA) is 46.2 Å². The summed E-state index contributed by atoms with van der Waals surface area (Å²) in [5, 5.41) is 9.92. The average Bonchev–Trinajstić information content (AvgIpc) is 2.18. The summed E-state index contributed by atoms with van der Waals surface area (Å²) in [4.78, 5) is 0. The lowest BCUT2D eigenvalue weighted by Gasteiger charge is -2.17. The summed E-state index contributed by atoms with van der Waals surface area (Å²) >= 11 is 0. The fraction of sp³-hybridized carbons (Fsp3) is 0.500. The largest absolute Gasteiger partial charge is 0.388 e. The third-order valence-electron chi connectivity index (χ3n) is 2.60. The molecule has 78 valence electrons. The average molecular weight is 193 g/mol. The van der Waals surface area contributed by atoms with Gasteiger partial charge in [0.1, 0.15) is 0 Å². The first-order valence-corrected chi connectivity index (χ1v) is 5.14. The van der Waals surface area contributed by atoms with Gasteiger partial charge in [-0.2, -0.15) is 0 Å². The molecule has 0 amide bonds. The number of hydrogen-bond donors (Lipinski definition) is 2. The van der Waals surface area contributed by atoms with E-state index in [0.717, 1.165) is 17.5 Å². The third kappa shape index (κ3) is 2.82.